The van der Waals surface area contributed by atoms with E-state index in [1.807, 2.05) is 0 Å². The molecule has 0 heterocycles. The van der Waals surface area contributed by atoms with Gasteiger partial charge in [-0.1, -0.05) is 274 Å². The van der Waals surface area contributed by atoms with E-state index in [0.717, 1.165) is 109 Å². The summed E-state index contributed by atoms with van der Waals surface area (Å²) in [5, 5.41) is 0. The first-order valence-electron chi connectivity index (χ1n) is 30.8. The monoisotopic (exact) mass is 993 g/mol. The second kappa shape index (κ2) is 59.7. The van der Waals surface area contributed by atoms with Gasteiger partial charge in [-0.15, -0.1) is 0 Å². The number of carbonyl (C=O) groups is 3. The third kappa shape index (κ3) is 57.9. The highest BCUT2D eigenvalue weighted by Crippen LogP contribution is 2.17. The van der Waals surface area contributed by atoms with E-state index >= 15 is 0 Å². The fraction of sp³-hybridized carbons (Fsp3) is 0.800. The number of ether oxygens (including phenoxy) is 3. The first-order valence-corrected chi connectivity index (χ1v) is 30.8. The molecule has 1 unspecified atom stereocenters. The summed E-state index contributed by atoms with van der Waals surface area (Å²) in [5.74, 6) is -0.899. The highest BCUT2D eigenvalue weighted by atomic mass is 16.6. The van der Waals surface area contributed by atoms with Crippen LogP contribution in [0.15, 0.2) is 60.8 Å². The van der Waals surface area contributed by atoms with E-state index in [-0.39, 0.29) is 31.1 Å². The van der Waals surface area contributed by atoms with Crippen LogP contribution in [0.2, 0.25) is 0 Å². The molecule has 0 aliphatic carbocycles. The van der Waals surface area contributed by atoms with Gasteiger partial charge in [0.1, 0.15) is 13.2 Å². The van der Waals surface area contributed by atoms with Crippen LogP contribution in [-0.2, 0) is 28.6 Å². The van der Waals surface area contributed by atoms with Crippen molar-refractivity contribution in [3.05, 3.63) is 60.8 Å². The van der Waals surface area contributed by atoms with Gasteiger partial charge in [0.25, 0.3) is 0 Å². The molecule has 0 rings (SSSR count). The van der Waals surface area contributed by atoms with Crippen LogP contribution in [0.1, 0.15) is 316 Å². The predicted octanol–water partition coefficient (Wildman–Crippen LogP) is 20.8. The van der Waals surface area contributed by atoms with Crippen LogP contribution in [0, 0.1) is 0 Å². The molecule has 0 saturated carbocycles. The first kappa shape index (κ1) is 68.1. The molecule has 0 N–H and O–H groups in total. The van der Waals surface area contributed by atoms with Crippen molar-refractivity contribution in [3.8, 4) is 0 Å². The van der Waals surface area contributed by atoms with E-state index in [4.69, 9.17) is 14.2 Å². The summed E-state index contributed by atoms with van der Waals surface area (Å²) in [6.45, 7) is 6.44. The minimum Gasteiger partial charge on any atom is -0.462 e. The predicted molar refractivity (Wildman–Crippen MR) is 307 cm³/mol. The minimum atomic E-state index is -0.777. The van der Waals surface area contributed by atoms with Crippen LogP contribution >= 0.6 is 0 Å². The topological polar surface area (TPSA) is 78.9 Å². The lowest BCUT2D eigenvalue weighted by Crippen LogP contribution is -2.30. The van der Waals surface area contributed by atoms with Crippen molar-refractivity contribution in [2.24, 2.45) is 0 Å². The fourth-order valence-electron chi connectivity index (χ4n) is 8.90. The largest absolute Gasteiger partial charge is 0.462 e. The molecule has 6 heteroatoms. The Labute approximate surface area is 440 Å². The third-order valence-electron chi connectivity index (χ3n) is 13.5. The molecule has 0 aromatic rings. The maximum absolute atomic E-state index is 12.8. The molecule has 0 aliphatic rings. The Morgan fingerprint density at radius 3 is 0.859 bits per heavy atom. The van der Waals surface area contributed by atoms with Crippen molar-refractivity contribution in [1.82, 2.24) is 0 Å². The van der Waals surface area contributed by atoms with Crippen LogP contribution < -0.4 is 0 Å². The number of rotatable bonds is 56. The van der Waals surface area contributed by atoms with E-state index in [1.54, 1.807) is 0 Å². The Morgan fingerprint density at radius 2 is 0.549 bits per heavy atom. The summed E-state index contributed by atoms with van der Waals surface area (Å²) >= 11 is 0. The molecule has 0 saturated heterocycles. The number of unbranched alkanes of at least 4 members (excludes halogenated alkanes) is 35. The van der Waals surface area contributed by atoms with Gasteiger partial charge in [0.15, 0.2) is 6.10 Å². The highest BCUT2D eigenvalue weighted by Gasteiger charge is 2.19. The molecule has 6 nitrogen and oxygen atoms in total. The standard InChI is InChI=1S/C65H116O6/c1-4-7-10-13-15-17-19-21-23-24-25-26-27-28-29-30-31-32-33-34-35-36-37-38-39-40-42-43-45-47-49-52-55-58-64(67)70-61-62(60-69-63(66)57-54-51-12-9-6-3)71-65(68)59-56-53-50-48-46-44-41-22-20-18-16-14-11-8-5-2/h8,11,16,18-19,21-22,24-25,41,62H,4-7,9-10,12-15,17,20,23,26-40,42-61H2,1-3H3/b11-8-,18-16-,21-19-,25-24-,41-22-. The quantitative estimate of drug-likeness (QED) is 0.0261. The zero-order valence-corrected chi connectivity index (χ0v) is 47.2. The van der Waals surface area contributed by atoms with Crippen molar-refractivity contribution in [2.45, 2.75) is 322 Å². The molecule has 1 atom stereocenters. The molecular weight excluding hydrogens is 877 g/mol. The van der Waals surface area contributed by atoms with Crippen molar-refractivity contribution >= 4 is 17.9 Å². The van der Waals surface area contributed by atoms with Gasteiger partial charge in [-0.2, -0.15) is 0 Å². The summed E-state index contributed by atoms with van der Waals surface area (Å²) in [7, 11) is 0. The first-order chi connectivity index (χ1) is 35.0. The van der Waals surface area contributed by atoms with E-state index in [0.29, 0.717) is 19.3 Å². The van der Waals surface area contributed by atoms with Crippen LogP contribution in [0.5, 0.6) is 0 Å². The molecular formula is C65H116O6. The zero-order valence-electron chi connectivity index (χ0n) is 47.2. The van der Waals surface area contributed by atoms with Gasteiger partial charge in [-0.25, -0.2) is 0 Å². The van der Waals surface area contributed by atoms with Gasteiger partial charge < -0.3 is 14.2 Å². The normalized spacial score (nSPS) is 12.4. The molecule has 0 spiro atoms. The molecule has 0 aliphatic heterocycles. The van der Waals surface area contributed by atoms with Gasteiger partial charge in [0.2, 0.25) is 0 Å². The van der Waals surface area contributed by atoms with Crippen LogP contribution in [0.3, 0.4) is 0 Å². The van der Waals surface area contributed by atoms with Crippen LogP contribution in [0.4, 0.5) is 0 Å². The number of hydrogen-bond acceptors (Lipinski definition) is 6. The van der Waals surface area contributed by atoms with Crippen molar-refractivity contribution < 1.29 is 28.6 Å². The van der Waals surface area contributed by atoms with E-state index in [2.05, 4.69) is 81.5 Å². The van der Waals surface area contributed by atoms with Crippen molar-refractivity contribution in [1.29, 1.82) is 0 Å². The molecule has 412 valence electrons. The Balaban J connectivity index is 3.90. The fourth-order valence-corrected chi connectivity index (χ4v) is 8.90. The summed E-state index contributed by atoms with van der Waals surface area (Å²) in [4.78, 5) is 37.8. The zero-order chi connectivity index (χ0) is 51.4. The van der Waals surface area contributed by atoms with E-state index < -0.39 is 6.10 Å². The lowest BCUT2D eigenvalue weighted by atomic mass is 10.0. The van der Waals surface area contributed by atoms with Gasteiger partial charge in [-0.3, -0.25) is 14.4 Å². The summed E-state index contributed by atoms with van der Waals surface area (Å²) < 4.78 is 16.7. The second-order valence-corrected chi connectivity index (χ2v) is 20.6. The number of hydrogen-bond donors (Lipinski definition) is 0. The summed E-state index contributed by atoms with van der Waals surface area (Å²) in [5.41, 5.74) is 0. The maximum Gasteiger partial charge on any atom is 0.306 e. The van der Waals surface area contributed by atoms with Crippen LogP contribution in [0.25, 0.3) is 0 Å². The lowest BCUT2D eigenvalue weighted by molar-refractivity contribution is -0.167. The van der Waals surface area contributed by atoms with Gasteiger partial charge in [-0.05, 0) is 83.5 Å². The Kier molecular flexibility index (Phi) is 57.2. The number of allylic oxidation sites excluding steroid dienone is 10. The molecule has 71 heavy (non-hydrogen) atoms. The minimum absolute atomic E-state index is 0.0786. The third-order valence-corrected chi connectivity index (χ3v) is 13.5. The van der Waals surface area contributed by atoms with E-state index in [1.165, 1.54) is 167 Å². The average molecular weight is 994 g/mol. The molecule has 0 aromatic heterocycles. The van der Waals surface area contributed by atoms with E-state index in [9.17, 15) is 14.4 Å². The summed E-state index contributed by atoms with van der Waals surface area (Å²) in [6.07, 6.45) is 75.8. The SMILES string of the molecule is CC/C=C\C/C=C\C/C=C\CCCCCCCC(=O)OC(COC(=O)CCCCCCC)COC(=O)CCCCCCCCCCCCCCCCCCCCCCC/C=C\C/C=C\CCCCCCC. The summed E-state index contributed by atoms with van der Waals surface area (Å²) in [6, 6.07) is 0. The Hall–Kier alpha value is -2.89. The Bertz CT molecular complexity index is 1280. The van der Waals surface area contributed by atoms with Crippen molar-refractivity contribution in [2.75, 3.05) is 13.2 Å². The molecule has 0 aromatic carbocycles. The lowest BCUT2D eigenvalue weighted by Gasteiger charge is -2.18. The maximum atomic E-state index is 12.8. The number of carbonyl (C=O) groups excluding carboxylic acids is 3. The van der Waals surface area contributed by atoms with Gasteiger partial charge in [0, 0.05) is 19.3 Å². The molecule has 0 radical (unpaired) electrons. The van der Waals surface area contributed by atoms with Gasteiger partial charge in [0.05, 0.1) is 0 Å². The molecule has 0 amide bonds. The number of esters is 3. The average Bonchev–Trinajstić information content (AvgIpc) is 3.37. The second-order valence-electron chi connectivity index (χ2n) is 20.6. The van der Waals surface area contributed by atoms with Crippen molar-refractivity contribution in [3.63, 3.8) is 0 Å². The van der Waals surface area contributed by atoms with Gasteiger partial charge >= 0.3 is 17.9 Å². The highest BCUT2D eigenvalue weighted by molar-refractivity contribution is 5.71. The molecule has 0 fully saturated rings. The smallest absolute Gasteiger partial charge is 0.306 e. The molecule has 0 bridgehead atoms. The van der Waals surface area contributed by atoms with Crippen LogP contribution in [-0.4, -0.2) is 37.2 Å². The Morgan fingerprint density at radius 1 is 0.296 bits per heavy atom.